The van der Waals surface area contributed by atoms with Crippen LogP contribution in [0.5, 0.6) is 0 Å². The van der Waals surface area contributed by atoms with Gasteiger partial charge in [-0.3, -0.25) is 9.59 Å². The molecule has 8 nitrogen and oxygen atoms in total. The van der Waals surface area contributed by atoms with Crippen LogP contribution in [0.25, 0.3) is 23.3 Å². The number of carbonyl (C=O) groups excluding carboxylic acids is 2. The summed E-state index contributed by atoms with van der Waals surface area (Å²) < 4.78 is 70.9. The summed E-state index contributed by atoms with van der Waals surface area (Å²) in [6.07, 6.45) is 4.45. The Labute approximate surface area is 299 Å². The van der Waals surface area contributed by atoms with Gasteiger partial charge in [-0.1, -0.05) is 118 Å². The first kappa shape index (κ1) is 39.9. The van der Waals surface area contributed by atoms with Crippen LogP contribution in [0.4, 0.5) is 0 Å². The van der Waals surface area contributed by atoms with Crippen LogP contribution in [0.15, 0.2) is 59.7 Å². The van der Waals surface area contributed by atoms with Gasteiger partial charge in [0.15, 0.2) is 11.6 Å². The van der Waals surface area contributed by atoms with E-state index >= 15 is 0 Å². The molecule has 0 aliphatic heterocycles. The molecule has 10 heteroatoms. The molecule has 0 spiro atoms. The highest BCUT2D eigenvalue weighted by molar-refractivity contribution is 7.86. The standard InChI is InChI=1S/C36H42O8S2.2C2H6/c1-21-17-35(19-45(39,40)41)31(37)27(29(21)33(35,3)4)15-23-7-11-25(12-8-23)26-13-9-24(10-14-26)16-28-30-22(2)18-36(32(28)38,34(30,5)6)20-46(42,43)44;2*1-2/h7-16,21-22,29-30H,17-20H2,1-6H3,(H,39,40,41)(H,42,43,44);2*1-2H3/p-2/b27-15-,28-16-;;/t21?,22?,29-,30-,35-,36-;;/m1../s1. The predicted molar refractivity (Wildman–Crippen MR) is 197 cm³/mol. The summed E-state index contributed by atoms with van der Waals surface area (Å²) in [7, 11) is -9.19. The maximum atomic E-state index is 13.6. The Morgan fingerprint density at radius 1 is 0.600 bits per heavy atom. The van der Waals surface area contributed by atoms with Crippen molar-refractivity contribution in [3.63, 3.8) is 0 Å². The normalized spacial score (nSPS) is 32.2. The molecular formula is C40H52O8S2-2. The van der Waals surface area contributed by atoms with Crippen LogP contribution in [0.1, 0.15) is 93.2 Å². The highest BCUT2D eigenvalue weighted by Gasteiger charge is 2.70. The van der Waals surface area contributed by atoms with E-state index in [1.807, 2.05) is 130 Å². The van der Waals surface area contributed by atoms with Crippen molar-refractivity contribution >= 4 is 44.0 Å². The molecule has 4 bridgehead atoms. The Morgan fingerprint density at radius 2 is 0.880 bits per heavy atom. The first-order chi connectivity index (χ1) is 23.1. The summed E-state index contributed by atoms with van der Waals surface area (Å²) in [5, 5.41) is 0. The SMILES string of the molecule is CC.CC.CC1C[C@@]2(CS(=O)(=O)[O-])C(=O)/C(=C\c3ccc(-c4ccc(/C=C5\C(=O)[C@]6(CS(=O)(=O)[O-])CC(C)[C@H]5C6(C)C)cc4)cc3)[C@@H]1C2(C)C. The molecule has 0 aromatic heterocycles. The number of hydrogen-bond acceptors (Lipinski definition) is 8. The van der Waals surface area contributed by atoms with Crippen molar-refractivity contribution in [3.05, 3.63) is 70.8 Å². The monoisotopic (exact) mass is 724 g/mol. The fourth-order valence-corrected chi connectivity index (χ4v) is 12.8. The van der Waals surface area contributed by atoms with Crippen molar-refractivity contribution in [1.29, 1.82) is 0 Å². The summed E-state index contributed by atoms with van der Waals surface area (Å²) >= 11 is 0. The molecule has 0 saturated heterocycles. The van der Waals surface area contributed by atoms with E-state index in [-0.39, 0.29) is 35.2 Å². The van der Waals surface area contributed by atoms with Crippen molar-refractivity contribution in [1.82, 2.24) is 0 Å². The van der Waals surface area contributed by atoms with Gasteiger partial charge in [-0.25, -0.2) is 16.8 Å². The van der Waals surface area contributed by atoms with Gasteiger partial charge in [0, 0.05) is 11.1 Å². The average molecular weight is 725 g/mol. The quantitative estimate of drug-likeness (QED) is 0.208. The molecule has 2 aromatic rings. The van der Waals surface area contributed by atoms with Gasteiger partial charge >= 0.3 is 0 Å². The summed E-state index contributed by atoms with van der Waals surface area (Å²) in [5.74, 6) is -1.96. The van der Waals surface area contributed by atoms with E-state index < -0.39 is 53.4 Å². The highest BCUT2D eigenvalue weighted by Crippen LogP contribution is 2.69. The lowest BCUT2D eigenvalue weighted by molar-refractivity contribution is -0.126. The van der Waals surface area contributed by atoms with Gasteiger partial charge in [0.25, 0.3) is 0 Å². The molecule has 2 unspecified atom stereocenters. The van der Waals surface area contributed by atoms with E-state index in [9.17, 15) is 35.5 Å². The van der Waals surface area contributed by atoms with Crippen LogP contribution in [0.2, 0.25) is 0 Å². The average Bonchev–Trinajstić information content (AvgIpc) is 3.47. The van der Waals surface area contributed by atoms with E-state index in [2.05, 4.69) is 0 Å². The van der Waals surface area contributed by atoms with Crippen molar-refractivity contribution in [2.24, 2.45) is 45.3 Å². The summed E-state index contributed by atoms with van der Waals surface area (Å²) in [5.41, 5.74) is 0.968. The van der Waals surface area contributed by atoms with Crippen LogP contribution in [-0.4, -0.2) is 49.0 Å². The molecule has 2 aromatic carbocycles. The van der Waals surface area contributed by atoms with Gasteiger partial charge in [0.1, 0.15) is 0 Å². The van der Waals surface area contributed by atoms with Crippen LogP contribution in [0, 0.1) is 45.3 Å². The third-order valence-corrected chi connectivity index (χ3v) is 13.9. The van der Waals surface area contributed by atoms with Crippen molar-refractivity contribution in [3.8, 4) is 11.1 Å². The molecule has 0 heterocycles. The van der Waals surface area contributed by atoms with Crippen LogP contribution >= 0.6 is 0 Å². The Balaban J connectivity index is 0.00000136. The minimum Gasteiger partial charge on any atom is -0.748 e. The van der Waals surface area contributed by atoms with Crippen LogP contribution in [0.3, 0.4) is 0 Å². The summed E-state index contributed by atoms with van der Waals surface area (Å²) in [4.78, 5) is 27.3. The fourth-order valence-electron chi connectivity index (χ4n) is 10.3. The van der Waals surface area contributed by atoms with E-state index in [0.717, 1.165) is 22.3 Å². The second-order valence-electron chi connectivity index (χ2n) is 15.4. The number of benzene rings is 2. The van der Waals surface area contributed by atoms with Gasteiger partial charge in [0.2, 0.25) is 0 Å². The molecule has 4 fully saturated rings. The number of hydrogen-bond donors (Lipinski definition) is 0. The molecule has 50 heavy (non-hydrogen) atoms. The van der Waals surface area contributed by atoms with E-state index in [0.29, 0.717) is 24.0 Å². The first-order valence-corrected chi connectivity index (χ1v) is 20.9. The molecule has 4 aliphatic carbocycles. The zero-order valence-electron chi connectivity index (χ0n) is 31.0. The minimum absolute atomic E-state index is 0.0719. The van der Waals surface area contributed by atoms with Crippen molar-refractivity contribution in [2.75, 3.05) is 11.5 Å². The fraction of sp³-hybridized carbons (Fsp3) is 0.550. The largest absolute Gasteiger partial charge is 0.748 e. The van der Waals surface area contributed by atoms with Crippen LogP contribution in [-0.2, 0) is 29.8 Å². The molecule has 6 atom stereocenters. The lowest BCUT2D eigenvalue weighted by Gasteiger charge is -2.36. The van der Waals surface area contributed by atoms with Gasteiger partial charge in [0.05, 0.1) is 42.6 Å². The number of Topliss-reactive ketones (excluding diaryl/α,β-unsaturated/α-hetero) is 2. The highest BCUT2D eigenvalue weighted by atomic mass is 32.2. The van der Waals surface area contributed by atoms with Crippen molar-refractivity contribution < 1.29 is 35.5 Å². The van der Waals surface area contributed by atoms with Gasteiger partial charge in [-0.15, -0.1) is 0 Å². The summed E-state index contributed by atoms with van der Waals surface area (Å²) in [6, 6.07) is 15.4. The van der Waals surface area contributed by atoms with Gasteiger partial charge < -0.3 is 9.11 Å². The Hall–Kier alpha value is -2.92. The Morgan fingerprint density at radius 3 is 1.14 bits per heavy atom. The third-order valence-electron chi connectivity index (χ3n) is 12.2. The first-order valence-electron chi connectivity index (χ1n) is 17.7. The third kappa shape index (κ3) is 6.39. The lowest BCUT2D eigenvalue weighted by atomic mass is 9.70. The maximum Gasteiger partial charge on any atom is 0.166 e. The number of rotatable bonds is 7. The number of ketones is 2. The molecule has 0 amide bonds. The van der Waals surface area contributed by atoms with Crippen molar-refractivity contribution in [2.45, 2.75) is 82.1 Å². The van der Waals surface area contributed by atoms with E-state index in [1.54, 1.807) is 0 Å². The van der Waals surface area contributed by atoms with E-state index in [4.69, 9.17) is 0 Å². The second-order valence-corrected chi connectivity index (χ2v) is 18.2. The molecule has 274 valence electrons. The number of fused-ring (bicyclic) bond motifs is 4. The molecule has 4 saturated carbocycles. The van der Waals surface area contributed by atoms with Crippen LogP contribution < -0.4 is 0 Å². The zero-order valence-corrected chi connectivity index (χ0v) is 32.6. The number of allylic oxidation sites excluding steroid dienone is 2. The zero-order chi connectivity index (χ0) is 37.8. The topological polar surface area (TPSA) is 149 Å². The molecule has 0 radical (unpaired) electrons. The molecular weight excluding hydrogens is 673 g/mol. The predicted octanol–water partition coefficient (Wildman–Crippen LogP) is 7.77. The number of carbonyl (C=O) groups is 2. The second kappa shape index (κ2) is 13.6. The van der Waals surface area contributed by atoms with Gasteiger partial charge in [-0.05, 0) is 81.7 Å². The Bertz CT molecular complexity index is 1780. The lowest BCUT2D eigenvalue weighted by Crippen LogP contribution is -2.42. The molecule has 6 rings (SSSR count). The van der Waals surface area contributed by atoms with E-state index in [1.165, 1.54) is 0 Å². The van der Waals surface area contributed by atoms with Gasteiger partial charge in [-0.2, -0.15) is 0 Å². The molecule has 4 aliphatic rings. The minimum atomic E-state index is -4.60. The Kier molecular flexibility index (Phi) is 10.8. The molecule has 0 N–H and O–H groups in total. The maximum absolute atomic E-state index is 13.6. The summed E-state index contributed by atoms with van der Waals surface area (Å²) in [6.45, 7) is 19.6. The smallest absolute Gasteiger partial charge is 0.166 e.